The van der Waals surface area contributed by atoms with Crippen molar-refractivity contribution in [3.05, 3.63) is 33.8 Å². The van der Waals surface area contributed by atoms with Gasteiger partial charge in [0.1, 0.15) is 0 Å². The number of hydrogen-bond donors (Lipinski definition) is 1. The number of hydrogen-bond acceptors (Lipinski definition) is 3. The molecule has 0 saturated carbocycles. The molecule has 0 saturated heterocycles. The van der Waals surface area contributed by atoms with E-state index in [-0.39, 0.29) is 5.91 Å². The minimum Gasteiger partial charge on any atom is -0.465 e. The summed E-state index contributed by atoms with van der Waals surface area (Å²) >= 11 is 3.26. The lowest BCUT2D eigenvalue weighted by Gasteiger charge is -2.06. The van der Waals surface area contributed by atoms with Gasteiger partial charge in [-0.2, -0.15) is 0 Å². The van der Waals surface area contributed by atoms with E-state index < -0.39 is 5.97 Å². The highest BCUT2D eigenvalue weighted by atomic mass is 79.9. The molecule has 0 bridgehead atoms. The number of rotatable bonds is 4. The third-order valence-corrected chi connectivity index (χ3v) is 2.57. The third-order valence-electron chi connectivity index (χ3n) is 2.12. The van der Waals surface area contributed by atoms with E-state index >= 15 is 0 Å². The van der Waals surface area contributed by atoms with Gasteiger partial charge in [-0.3, -0.25) is 4.79 Å². The van der Waals surface area contributed by atoms with Gasteiger partial charge in [-0.15, -0.1) is 0 Å². The van der Waals surface area contributed by atoms with Gasteiger partial charge in [0, 0.05) is 16.6 Å². The van der Waals surface area contributed by atoms with Crippen molar-refractivity contribution in [2.24, 2.45) is 0 Å². The Morgan fingerprint density at radius 1 is 1.29 bits per heavy atom. The summed E-state index contributed by atoms with van der Waals surface area (Å²) in [5.74, 6) is -0.658. The number of carbonyl (C=O) groups is 2. The van der Waals surface area contributed by atoms with Gasteiger partial charge in [0.2, 0.25) is 0 Å². The quantitative estimate of drug-likeness (QED) is 0.869. The van der Waals surface area contributed by atoms with Crippen LogP contribution < -0.4 is 5.32 Å². The molecule has 1 N–H and O–H groups in total. The van der Waals surface area contributed by atoms with Gasteiger partial charge in [-0.25, -0.2) is 4.79 Å². The van der Waals surface area contributed by atoms with Crippen molar-refractivity contribution in [1.29, 1.82) is 0 Å². The number of benzene rings is 1. The average Bonchev–Trinajstić information content (AvgIpc) is 2.34. The van der Waals surface area contributed by atoms with Crippen LogP contribution in [0.2, 0.25) is 0 Å². The molecule has 1 aromatic rings. The molecule has 0 atom stereocenters. The largest absolute Gasteiger partial charge is 0.465 e. The van der Waals surface area contributed by atoms with Gasteiger partial charge in [-0.1, -0.05) is 22.9 Å². The zero-order valence-corrected chi connectivity index (χ0v) is 11.3. The fourth-order valence-corrected chi connectivity index (χ4v) is 1.79. The molecule has 1 aromatic carbocycles. The van der Waals surface area contributed by atoms with E-state index in [9.17, 15) is 9.59 Å². The summed E-state index contributed by atoms with van der Waals surface area (Å²) in [5, 5.41) is 2.75. The summed E-state index contributed by atoms with van der Waals surface area (Å²) in [6, 6.07) is 4.79. The van der Waals surface area contributed by atoms with Crippen molar-refractivity contribution in [2.45, 2.75) is 13.3 Å². The van der Waals surface area contributed by atoms with Crippen LogP contribution in [0, 0.1) is 0 Å². The van der Waals surface area contributed by atoms with Crippen molar-refractivity contribution in [1.82, 2.24) is 5.32 Å². The maximum atomic E-state index is 11.7. The minimum absolute atomic E-state index is 0.196. The molecule has 1 amide bonds. The number of ether oxygens (including phenoxy) is 1. The predicted octanol–water partition coefficient (Wildman–Crippen LogP) is 2.38. The van der Waals surface area contributed by atoms with Crippen LogP contribution in [0.1, 0.15) is 34.1 Å². The van der Waals surface area contributed by atoms with E-state index in [2.05, 4.69) is 26.0 Å². The second-order valence-electron chi connectivity index (χ2n) is 3.48. The van der Waals surface area contributed by atoms with Crippen molar-refractivity contribution in [3.8, 4) is 0 Å². The van der Waals surface area contributed by atoms with E-state index in [1.165, 1.54) is 13.2 Å². The van der Waals surface area contributed by atoms with Gasteiger partial charge in [0.25, 0.3) is 5.91 Å². The number of halogens is 1. The first-order chi connectivity index (χ1) is 8.08. The van der Waals surface area contributed by atoms with Gasteiger partial charge in [0.05, 0.1) is 12.7 Å². The molecular formula is C12H14BrNO3. The zero-order valence-electron chi connectivity index (χ0n) is 9.75. The number of nitrogens with one attached hydrogen (secondary N) is 1. The second-order valence-corrected chi connectivity index (χ2v) is 4.39. The molecule has 0 radical (unpaired) electrons. The summed E-state index contributed by atoms with van der Waals surface area (Å²) in [6.45, 7) is 2.58. The van der Waals surface area contributed by atoms with Crippen LogP contribution in [-0.2, 0) is 4.74 Å². The van der Waals surface area contributed by atoms with Crippen LogP contribution in [0.5, 0.6) is 0 Å². The third kappa shape index (κ3) is 3.85. The monoisotopic (exact) mass is 299 g/mol. The molecule has 0 unspecified atom stereocenters. The molecule has 0 aliphatic rings. The maximum Gasteiger partial charge on any atom is 0.337 e. The number of methoxy groups -OCH3 is 1. The Morgan fingerprint density at radius 2 is 1.94 bits per heavy atom. The van der Waals surface area contributed by atoms with Crippen molar-refractivity contribution in [2.75, 3.05) is 13.7 Å². The van der Waals surface area contributed by atoms with Crippen LogP contribution in [-0.4, -0.2) is 25.5 Å². The molecule has 92 valence electrons. The SMILES string of the molecule is CCCNC(=O)c1cc(Br)cc(C(=O)OC)c1. The first kappa shape index (κ1) is 13.7. The highest BCUT2D eigenvalue weighted by molar-refractivity contribution is 9.10. The van der Waals surface area contributed by atoms with Crippen LogP contribution in [0.15, 0.2) is 22.7 Å². The molecule has 0 spiro atoms. The smallest absolute Gasteiger partial charge is 0.337 e. The molecule has 17 heavy (non-hydrogen) atoms. The van der Waals surface area contributed by atoms with E-state index in [1.54, 1.807) is 12.1 Å². The van der Waals surface area contributed by atoms with E-state index in [1.807, 2.05) is 6.92 Å². The Bertz CT molecular complexity index is 432. The van der Waals surface area contributed by atoms with E-state index in [4.69, 9.17) is 0 Å². The van der Waals surface area contributed by atoms with E-state index in [0.29, 0.717) is 22.1 Å². The van der Waals surface area contributed by atoms with E-state index in [0.717, 1.165) is 6.42 Å². The lowest BCUT2D eigenvalue weighted by Crippen LogP contribution is -2.24. The molecule has 0 fully saturated rings. The predicted molar refractivity (Wildman–Crippen MR) is 68.1 cm³/mol. The summed E-state index contributed by atoms with van der Waals surface area (Å²) < 4.78 is 5.28. The van der Waals surface area contributed by atoms with Gasteiger partial charge in [-0.05, 0) is 24.6 Å². The maximum absolute atomic E-state index is 11.7. The first-order valence-corrected chi connectivity index (χ1v) is 6.05. The number of carbonyl (C=O) groups excluding carboxylic acids is 2. The summed E-state index contributed by atoms with van der Waals surface area (Å²) in [7, 11) is 1.31. The minimum atomic E-state index is -0.462. The zero-order chi connectivity index (χ0) is 12.8. The molecule has 0 heterocycles. The number of amides is 1. The molecule has 5 heteroatoms. The molecule has 1 rings (SSSR count). The lowest BCUT2D eigenvalue weighted by atomic mass is 10.1. The molecular weight excluding hydrogens is 286 g/mol. The van der Waals surface area contributed by atoms with Gasteiger partial charge >= 0.3 is 5.97 Å². The van der Waals surface area contributed by atoms with Crippen LogP contribution in [0.4, 0.5) is 0 Å². The van der Waals surface area contributed by atoms with Crippen LogP contribution >= 0.6 is 15.9 Å². The molecule has 4 nitrogen and oxygen atoms in total. The lowest BCUT2D eigenvalue weighted by molar-refractivity contribution is 0.0600. The highest BCUT2D eigenvalue weighted by Gasteiger charge is 2.12. The average molecular weight is 300 g/mol. The van der Waals surface area contributed by atoms with Crippen molar-refractivity contribution in [3.63, 3.8) is 0 Å². The van der Waals surface area contributed by atoms with Crippen LogP contribution in [0.25, 0.3) is 0 Å². The summed E-state index contributed by atoms with van der Waals surface area (Å²) in [4.78, 5) is 23.1. The Kier molecular flexibility index (Phi) is 5.15. The highest BCUT2D eigenvalue weighted by Crippen LogP contribution is 2.16. The summed E-state index contributed by atoms with van der Waals surface area (Å²) in [6.07, 6.45) is 0.865. The van der Waals surface area contributed by atoms with Crippen LogP contribution in [0.3, 0.4) is 0 Å². The molecule has 0 aliphatic heterocycles. The van der Waals surface area contributed by atoms with Gasteiger partial charge in [0.15, 0.2) is 0 Å². The fourth-order valence-electron chi connectivity index (χ4n) is 1.30. The van der Waals surface area contributed by atoms with Gasteiger partial charge < -0.3 is 10.1 Å². The van der Waals surface area contributed by atoms with Crippen molar-refractivity contribution >= 4 is 27.8 Å². The Morgan fingerprint density at radius 3 is 2.53 bits per heavy atom. The summed E-state index contributed by atoms with van der Waals surface area (Å²) in [5.41, 5.74) is 0.789. The molecule has 0 aromatic heterocycles. The topological polar surface area (TPSA) is 55.4 Å². The number of esters is 1. The standard InChI is InChI=1S/C12H14BrNO3/c1-3-4-14-11(15)8-5-9(12(16)17-2)7-10(13)6-8/h5-7H,3-4H2,1-2H3,(H,14,15). The second kappa shape index (κ2) is 6.39. The molecule has 0 aliphatic carbocycles. The Hall–Kier alpha value is -1.36. The Labute approximate surface area is 108 Å². The normalized spacial score (nSPS) is 9.82. The fraction of sp³-hybridized carbons (Fsp3) is 0.333. The first-order valence-electron chi connectivity index (χ1n) is 5.25. The van der Waals surface area contributed by atoms with Crippen molar-refractivity contribution < 1.29 is 14.3 Å². The Balaban J connectivity index is 2.96.